The van der Waals surface area contributed by atoms with Gasteiger partial charge in [0.15, 0.2) is 0 Å². The molecule has 0 bridgehead atoms. The van der Waals surface area contributed by atoms with E-state index in [1.807, 2.05) is 18.2 Å². The Labute approximate surface area is 73.5 Å². The Hall–Kier alpha value is -0.540. The predicted molar refractivity (Wildman–Crippen MR) is 46.6 cm³/mol. The molecule has 1 aromatic rings. The van der Waals surface area contributed by atoms with Gasteiger partial charge in [0.2, 0.25) is 0 Å². The fourth-order valence-corrected chi connectivity index (χ4v) is 1.59. The van der Waals surface area contributed by atoms with Gasteiger partial charge >= 0.3 is 0 Å². The molecule has 3 heteroatoms. The van der Waals surface area contributed by atoms with Crippen LogP contribution in [0.25, 0.3) is 0 Å². The molecule has 2 N–H and O–H groups in total. The Morgan fingerprint density at radius 2 is 2.36 bits per heavy atom. The molecule has 0 radical (unpaired) electrons. The molecular weight excluding hydrogens is 206 g/mol. The zero-order chi connectivity index (χ0) is 7.84. The minimum atomic E-state index is 0.0440. The van der Waals surface area contributed by atoms with Gasteiger partial charge < -0.3 is 10.5 Å². The number of rotatable bonds is 0. The van der Waals surface area contributed by atoms with Gasteiger partial charge in [0.05, 0.1) is 6.04 Å². The number of hydrogen-bond donors (Lipinski definition) is 1. The molecule has 1 atom stereocenters. The quantitative estimate of drug-likeness (QED) is 0.715. The summed E-state index contributed by atoms with van der Waals surface area (Å²) in [6.45, 7) is 0.603. The summed E-state index contributed by atoms with van der Waals surface area (Å²) in [4.78, 5) is 0. The number of nitrogens with two attached hydrogens (primary N) is 1. The Balaban J connectivity index is 2.52. The topological polar surface area (TPSA) is 35.2 Å². The molecule has 11 heavy (non-hydrogen) atoms. The molecule has 0 saturated carbocycles. The van der Waals surface area contributed by atoms with Gasteiger partial charge in [-0.15, -0.1) is 0 Å². The lowest BCUT2D eigenvalue weighted by Crippen LogP contribution is -2.10. The van der Waals surface area contributed by atoms with E-state index in [1.54, 1.807) is 0 Å². The molecule has 0 spiro atoms. The Morgan fingerprint density at radius 3 is 3.18 bits per heavy atom. The van der Waals surface area contributed by atoms with Crippen molar-refractivity contribution in [1.29, 1.82) is 0 Å². The maximum atomic E-state index is 5.77. The second kappa shape index (κ2) is 2.50. The summed E-state index contributed by atoms with van der Waals surface area (Å²) in [7, 11) is 0. The van der Waals surface area contributed by atoms with Crippen LogP contribution in [0.5, 0.6) is 5.75 Å². The van der Waals surface area contributed by atoms with Crippen molar-refractivity contribution >= 4 is 15.9 Å². The zero-order valence-corrected chi connectivity index (χ0v) is 7.47. The maximum Gasteiger partial charge on any atom is 0.124 e. The van der Waals surface area contributed by atoms with Gasteiger partial charge in [-0.3, -0.25) is 0 Å². The summed E-state index contributed by atoms with van der Waals surface area (Å²) in [6.07, 6.45) is 0. The Bertz CT molecular complexity index is 287. The summed E-state index contributed by atoms with van der Waals surface area (Å²) in [6, 6.07) is 5.94. The molecule has 58 valence electrons. The maximum absolute atomic E-state index is 5.77. The Kier molecular flexibility index (Phi) is 1.62. The van der Waals surface area contributed by atoms with Gasteiger partial charge in [-0.25, -0.2) is 0 Å². The van der Waals surface area contributed by atoms with Crippen molar-refractivity contribution in [2.75, 3.05) is 6.61 Å². The molecule has 0 aromatic heterocycles. The van der Waals surface area contributed by atoms with Crippen molar-refractivity contribution in [3.63, 3.8) is 0 Å². The van der Waals surface area contributed by atoms with Crippen LogP contribution in [-0.2, 0) is 0 Å². The predicted octanol–water partition coefficient (Wildman–Crippen LogP) is 1.84. The van der Waals surface area contributed by atoms with Crippen molar-refractivity contribution in [1.82, 2.24) is 0 Å². The fourth-order valence-electron chi connectivity index (χ4n) is 1.21. The van der Waals surface area contributed by atoms with Crippen LogP contribution in [0.2, 0.25) is 0 Å². The third kappa shape index (κ3) is 1.14. The van der Waals surface area contributed by atoms with Crippen LogP contribution < -0.4 is 10.5 Å². The van der Waals surface area contributed by atoms with E-state index in [0.717, 1.165) is 15.8 Å². The van der Waals surface area contributed by atoms with Crippen molar-refractivity contribution in [3.8, 4) is 5.75 Å². The number of halogens is 1. The largest absolute Gasteiger partial charge is 0.491 e. The normalized spacial score (nSPS) is 21.1. The minimum absolute atomic E-state index is 0.0440. The second-order valence-electron chi connectivity index (χ2n) is 2.60. The van der Waals surface area contributed by atoms with Crippen molar-refractivity contribution in [2.24, 2.45) is 5.73 Å². The van der Waals surface area contributed by atoms with E-state index in [9.17, 15) is 0 Å². The van der Waals surface area contributed by atoms with Gasteiger partial charge in [-0.05, 0) is 18.2 Å². The molecular formula is C8H8BrNO. The van der Waals surface area contributed by atoms with E-state index in [-0.39, 0.29) is 6.04 Å². The molecule has 1 aromatic carbocycles. The van der Waals surface area contributed by atoms with Crippen LogP contribution in [0.1, 0.15) is 11.6 Å². The number of hydrogen-bond acceptors (Lipinski definition) is 2. The number of ether oxygens (including phenoxy) is 1. The summed E-state index contributed by atoms with van der Waals surface area (Å²) >= 11 is 3.38. The highest BCUT2D eigenvalue weighted by atomic mass is 79.9. The highest BCUT2D eigenvalue weighted by Crippen LogP contribution is 2.32. The summed E-state index contributed by atoms with van der Waals surface area (Å²) in [5.41, 5.74) is 6.87. The molecule has 1 aliphatic rings. The lowest BCUT2D eigenvalue weighted by Gasteiger charge is -1.99. The Morgan fingerprint density at radius 1 is 1.55 bits per heavy atom. The second-order valence-corrected chi connectivity index (χ2v) is 3.52. The van der Waals surface area contributed by atoms with Gasteiger partial charge in [0.25, 0.3) is 0 Å². The van der Waals surface area contributed by atoms with E-state index >= 15 is 0 Å². The molecule has 0 amide bonds. The molecule has 2 nitrogen and oxygen atoms in total. The third-order valence-corrected chi connectivity index (χ3v) is 2.28. The molecule has 0 saturated heterocycles. The summed E-state index contributed by atoms with van der Waals surface area (Å²) in [5, 5.41) is 0. The average Bonchev–Trinajstić information content (AvgIpc) is 2.33. The van der Waals surface area contributed by atoms with Crippen LogP contribution in [0, 0.1) is 0 Å². The van der Waals surface area contributed by atoms with Gasteiger partial charge in [0, 0.05) is 10.0 Å². The van der Waals surface area contributed by atoms with Crippen LogP contribution in [0.4, 0.5) is 0 Å². The molecule has 1 unspecified atom stereocenters. The molecule has 1 aliphatic heterocycles. The van der Waals surface area contributed by atoms with E-state index in [2.05, 4.69) is 15.9 Å². The monoisotopic (exact) mass is 213 g/mol. The molecule has 0 fully saturated rings. The summed E-state index contributed by atoms with van der Waals surface area (Å²) in [5.74, 6) is 0.917. The van der Waals surface area contributed by atoms with Gasteiger partial charge in [0.1, 0.15) is 12.4 Å². The number of benzene rings is 1. The van der Waals surface area contributed by atoms with Crippen LogP contribution >= 0.6 is 15.9 Å². The van der Waals surface area contributed by atoms with Gasteiger partial charge in [-0.1, -0.05) is 15.9 Å². The first-order chi connectivity index (χ1) is 5.27. The lowest BCUT2D eigenvalue weighted by atomic mass is 10.1. The van der Waals surface area contributed by atoms with Gasteiger partial charge in [-0.2, -0.15) is 0 Å². The third-order valence-electron chi connectivity index (χ3n) is 1.79. The minimum Gasteiger partial charge on any atom is -0.491 e. The number of fused-ring (bicyclic) bond motifs is 1. The molecule has 1 heterocycles. The van der Waals surface area contributed by atoms with E-state index in [1.165, 1.54) is 0 Å². The van der Waals surface area contributed by atoms with E-state index in [0.29, 0.717) is 6.61 Å². The smallest absolute Gasteiger partial charge is 0.124 e. The fraction of sp³-hybridized carbons (Fsp3) is 0.250. The lowest BCUT2D eigenvalue weighted by molar-refractivity contribution is 0.333. The van der Waals surface area contributed by atoms with Crippen LogP contribution in [0.15, 0.2) is 22.7 Å². The van der Waals surface area contributed by atoms with Crippen molar-refractivity contribution < 1.29 is 4.74 Å². The first-order valence-corrected chi connectivity index (χ1v) is 4.24. The highest BCUT2D eigenvalue weighted by molar-refractivity contribution is 9.10. The van der Waals surface area contributed by atoms with Crippen molar-refractivity contribution in [2.45, 2.75) is 6.04 Å². The first kappa shape index (κ1) is 7.13. The molecule has 2 rings (SSSR count). The average molecular weight is 214 g/mol. The van der Waals surface area contributed by atoms with E-state index in [4.69, 9.17) is 10.5 Å². The summed E-state index contributed by atoms with van der Waals surface area (Å²) < 4.78 is 6.37. The van der Waals surface area contributed by atoms with Crippen LogP contribution in [-0.4, -0.2) is 6.61 Å². The standard InChI is InChI=1S/C8H8BrNO/c9-5-1-2-8-6(3-5)7(10)4-11-8/h1-3,7H,4,10H2. The van der Waals surface area contributed by atoms with E-state index < -0.39 is 0 Å². The zero-order valence-electron chi connectivity index (χ0n) is 5.88. The van der Waals surface area contributed by atoms with Crippen LogP contribution in [0.3, 0.4) is 0 Å². The van der Waals surface area contributed by atoms with Crippen molar-refractivity contribution in [3.05, 3.63) is 28.2 Å². The highest BCUT2D eigenvalue weighted by Gasteiger charge is 2.19. The SMILES string of the molecule is NC1COc2ccc(Br)cc21. The molecule has 0 aliphatic carbocycles. The first-order valence-electron chi connectivity index (χ1n) is 3.45.